The first-order valence-corrected chi connectivity index (χ1v) is 8.80. The molecule has 0 atom stereocenters. The monoisotopic (exact) mass is 374 g/mol. The molecule has 0 aliphatic rings. The molecule has 136 valence electrons. The first-order chi connectivity index (χ1) is 12.5. The number of nitro groups is 1. The molecule has 0 spiro atoms. The lowest BCUT2D eigenvalue weighted by Crippen LogP contribution is -2.11. The van der Waals surface area contributed by atoms with Gasteiger partial charge in [-0.05, 0) is 31.6 Å². The molecule has 8 heteroatoms. The number of para-hydroxylation sites is 1. The lowest BCUT2D eigenvalue weighted by molar-refractivity contribution is -0.385. The van der Waals surface area contributed by atoms with Crippen molar-refractivity contribution >= 4 is 40.0 Å². The molecule has 0 unspecified atom stereocenters. The van der Waals surface area contributed by atoms with Crippen LogP contribution >= 0.6 is 11.3 Å². The van der Waals surface area contributed by atoms with Gasteiger partial charge >= 0.3 is 5.97 Å². The molecule has 2 rings (SSSR count). The number of hydrogen-bond acceptors (Lipinski definition) is 6. The fraction of sp³-hybridized carbons (Fsp3) is 0.222. The third-order valence-electron chi connectivity index (χ3n) is 3.41. The minimum absolute atomic E-state index is 0.0897. The first kappa shape index (κ1) is 19.3. The van der Waals surface area contributed by atoms with Crippen LogP contribution in [0.1, 0.15) is 34.6 Å². The Balaban J connectivity index is 2.19. The fourth-order valence-electron chi connectivity index (χ4n) is 2.18. The predicted molar refractivity (Wildman–Crippen MR) is 100 cm³/mol. The molecule has 1 heterocycles. The Kier molecular flexibility index (Phi) is 6.62. The van der Waals surface area contributed by atoms with Gasteiger partial charge < -0.3 is 10.1 Å². The van der Waals surface area contributed by atoms with E-state index >= 15 is 0 Å². The molecule has 1 amide bonds. The van der Waals surface area contributed by atoms with Crippen molar-refractivity contribution in [1.82, 2.24) is 0 Å². The zero-order chi connectivity index (χ0) is 19.1. The van der Waals surface area contributed by atoms with E-state index in [1.54, 1.807) is 31.2 Å². The van der Waals surface area contributed by atoms with E-state index < -0.39 is 16.8 Å². The topological polar surface area (TPSA) is 98.5 Å². The normalized spacial score (nSPS) is 10.7. The zero-order valence-electron chi connectivity index (χ0n) is 14.4. The van der Waals surface area contributed by atoms with Gasteiger partial charge in [0.25, 0.3) is 5.69 Å². The summed E-state index contributed by atoms with van der Waals surface area (Å²) >= 11 is 1.30. The lowest BCUT2D eigenvalue weighted by atomic mass is 10.1. The molecule has 1 aromatic carbocycles. The highest BCUT2D eigenvalue weighted by atomic mass is 32.1. The minimum Gasteiger partial charge on any atom is -0.462 e. The van der Waals surface area contributed by atoms with E-state index in [9.17, 15) is 19.7 Å². The van der Waals surface area contributed by atoms with Crippen molar-refractivity contribution in [3.05, 3.63) is 62.5 Å². The van der Waals surface area contributed by atoms with Gasteiger partial charge in [0.1, 0.15) is 5.00 Å². The second-order valence-electron chi connectivity index (χ2n) is 5.17. The molecule has 0 bridgehead atoms. The zero-order valence-corrected chi connectivity index (χ0v) is 15.2. The number of nitrogens with zero attached hydrogens (tertiary/aromatic N) is 1. The van der Waals surface area contributed by atoms with Crippen molar-refractivity contribution in [2.75, 3.05) is 11.9 Å². The number of rotatable bonds is 7. The van der Waals surface area contributed by atoms with Crippen LogP contribution in [0.25, 0.3) is 6.08 Å². The molecule has 0 fully saturated rings. The SMILES string of the molecule is CCOC(=O)c1cc(CC)sc1NC(=O)/C=C/c1ccccc1[N+](=O)[O-]. The van der Waals surface area contributed by atoms with E-state index in [2.05, 4.69) is 5.32 Å². The van der Waals surface area contributed by atoms with Gasteiger partial charge in [0, 0.05) is 17.0 Å². The Morgan fingerprint density at radius 3 is 2.69 bits per heavy atom. The number of aryl methyl sites for hydroxylation is 1. The quantitative estimate of drug-likeness (QED) is 0.341. The van der Waals surface area contributed by atoms with Crippen LogP contribution in [0.2, 0.25) is 0 Å². The highest BCUT2D eigenvalue weighted by Gasteiger charge is 2.18. The van der Waals surface area contributed by atoms with Crippen molar-refractivity contribution in [2.24, 2.45) is 0 Å². The second-order valence-corrected chi connectivity index (χ2v) is 6.30. The standard InChI is InChI=1S/C18H18N2O5S/c1-3-13-11-14(18(22)25-4-2)17(26-13)19-16(21)10-9-12-7-5-6-8-15(12)20(23)24/h5-11H,3-4H2,1-2H3,(H,19,21)/b10-9+. The molecule has 0 radical (unpaired) electrons. The number of esters is 1. The smallest absolute Gasteiger partial charge is 0.341 e. The van der Waals surface area contributed by atoms with Gasteiger partial charge in [0.2, 0.25) is 5.91 Å². The van der Waals surface area contributed by atoms with Crippen molar-refractivity contribution < 1.29 is 19.2 Å². The van der Waals surface area contributed by atoms with Crippen LogP contribution in [0.5, 0.6) is 0 Å². The number of anilines is 1. The van der Waals surface area contributed by atoms with E-state index in [1.807, 2.05) is 6.92 Å². The molecule has 1 aromatic heterocycles. The second kappa shape index (κ2) is 8.91. The number of hydrogen-bond donors (Lipinski definition) is 1. The third kappa shape index (κ3) is 4.76. The van der Waals surface area contributed by atoms with Crippen molar-refractivity contribution in [3.8, 4) is 0 Å². The summed E-state index contributed by atoms with van der Waals surface area (Å²) in [7, 11) is 0. The highest BCUT2D eigenvalue weighted by Crippen LogP contribution is 2.29. The molecule has 0 saturated carbocycles. The minimum atomic E-state index is -0.511. The largest absolute Gasteiger partial charge is 0.462 e. The summed E-state index contributed by atoms with van der Waals surface area (Å²) in [6.07, 6.45) is 3.29. The molecule has 0 aliphatic carbocycles. The number of thiophene rings is 1. The molecule has 0 aliphatic heterocycles. The number of nitrogens with one attached hydrogen (secondary N) is 1. The number of carbonyl (C=O) groups excluding carboxylic acids is 2. The maximum Gasteiger partial charge on any atom is 0.341 e. The summed E-state index contributed by atoms with van der Waals surface area (Å²) in [5, 5.41) is 14.0. The Bertz CT molecular complexity index is 857. The van der Waals surface area contributed by atoms with Gasteiger partial charge in [-0.25, -0.2) is 4.79 Å². The summed E-state index contributed by atoms with van der Waals surface area (Å²) in [4.78, 5) is 35.6. The van der Waals surface area contributed by atoms with E-state index in [1.165, 1.54) is 29.6 Å². The van der Waals surface area contributed by atoms with Gasteiger partial charge in [-0.2, -0.15) is 0 Å². The van der Waals surface area contributed by atoms with Crippen LogP contribution in [0.4, 0.5) is 10.7 Å². The first-order valence-electron chi connectivity index (χ1n) is 7.98. The molecule has 1 N–H and O–H groups in total. The van der Waals surface area contributed by atoms with Gasteiger partial charge in [0.05, 0.1) is 22.7 Å². The van der Waals surface area contributed by atoms with Crippen LogP contribution in [-0.4, -0.2) is 23.4 Å². The van der Waals surface area contributed by atoms with Gasteiger partial charge in [-0.15, -0.1) is 11.3 Å². The van der Waals surface area contributed by atoms with Crippen molar-refractivity contribution in [2.45, 2.75) is 20.3 Å². The number of amides is 1. The summed E-state index contributed by atoms with van der Waals surface area (Å²) < 4.78 is 5.00. The summed E-state index contributed by atoms with van der Waals surface area (Å²) in [5.74, 6) is -0.986. The Morgan fingerprint density at radius 2 is 2.04 bits per heavy atom. The summed E-state index contributed by atoms with van der Waals surface area (Å²) in [5.41, 5.74) is 0.535. The molecule has 2 aromatic rings. The van der Waals surface area contributed by atoms with Crippen LogP contribution in [-0.2, 0) is 16.0 Å². The van der Waals surface area contributed by atoms with Crippen LogP contribution in [0.15, 0.2) is 36.4 Å². The highest BCUT2D eigenvalue weighted by molar-refractivity contribution is 7.16. The fourth-order valence-corrected chi connectivity index (χ4v) is 3.17. The summed E-state index contributed by atoms with van der Waals surface area (Å²) in [6.45, 7) is 3.89. The Labute approximate surface area is 154 Å². The number of nitro benzene ring substituents is 1. The Morgan fingerprint density at radius 1 is 1.31 bits per heavy atom. The third-order valence-corrected chi connectivity index (χ3v) is 4.61. The molecular formula is C18H18N2O5S. The molecule has 7 nitrogen and oxygen atoms in total. The maximum absolute atomic E-state index is 12.2. The Hall–Kier alpha value is -3.00. The van der Waals surface area contributed by atoms with Crippen LogP contribution < -0.4 is 5.32 Å². The van der Waals surface area contributed by atoms with Gasteiger partial charge in [0.15, 0.2) is 0 Å². The van der Waals surface area contributed by atoms with Gasteiger partial charge in [-0.3, -0.25) is 14.9 Å². The summed E-state index contributed by atoms with van der Waals surface area (Å²) in [6, 6.07) is 7.81. The van der Waals surface area contributed by atoms with Crippen molar-refractivity contribution in [1.29, 1.82) is 0 Å². The number of ether oxygens (including phenoxy) is 1. The van der Waals surface area contributed by atoms with E-state index in [-0.39, 0.29) is 12.3 Å². The molecule has 0 saturated heterocycles. The number of benzene rings is 1. The van der Waals surface area contributed by atoms with Crippen LogP contribution in [0, 0.1) is 10.1 Å². The average molecular weight is 374 g/mol. The number of carbonyl (C=O) groups is 2. The van der Waals surface area contributed by atoms with E-state index in [0.29, 0.717) is 16.1 Å². The van der Waals surface area contributed by atoms with E-state index in [0.717, 1.165) is 11.3 Å². The lowest BCUT2D eigenvalue weighted by Gasteiger charge is -2.04. The maximum atomic E-state index is 12.2. The predicted octanol–water partition coefficient (Wildman–Crippen LogP) is 4.05. The van der Waals surface area contributed by atoms with Crippen LogP contribution in [0.3, 0.4) is 0 Å². The molecule has 26 heavy (non-hydrogen) atoms. The van der Waals surface area contributed by atoms with E-state index in [4.69, 9.17) is 4.74 Å². The molecular weight excluding hydrogens is 356 g/mol. The average Bonchev–Trinajstić information content (AvgIpc) is 3.03. The van der Waals surface area contributed by atoms with Gasteiger partial charge in [-0.1, -0.05) is 19.1 Å². The van der Waals surface area contributed by atoms with Crippen molar-refractivity contribution in [3.63, 3.8) is 0 Å².